The summed E-state index contributed by atoms with van der Waals surface area (Å²) in [5, 5.41) is 0. The van der Waals surface area contributed by atoms with Crippen LogP contribution in [0.1, 0.15) is 19.3 Å². The molecular weight excluding hydrogens is 230 g/mol. The van der Waals surface area contributed by atoms with Gasteiger partial charge in [0.05, 0.1) is 0 Å². The Labute approximate surface area is 83.5 Å². The molecule has 0 spiro atoms. The molecule has 0 aromatic heterocycles. The summed E-state index contributed by atoms with van der Waals surface area (Å²) in [7, 11) is 0. The standard InChI is InChI=1S/C5H9Cl3O2S/c6-5(7,8)3-1-2-4-11(9)10/h1-4H2,(H,9,10). The van der Waals surface area contributed by atoms with E-state index in [9.17, 15) is 4.21 Å². The van der Waals surface area contributed by atoms with Gasteiger partial charge in [0, 0.05) is 5.75 Å². The van der Waals surface area contributed by atoms with Gasteiger partial charge in [0.15, 0.2) is 14.9 Å². The number of alkyl halides is 3. The normalized spacial score (nSPS) is 14.9. The van der Waals surface area contributed by atoms with Crippen LogP contribution in [0.5, 0.6) is 0 Å². The van der Waals surface area contributed by atoms with Crippen LogP contribution in [0.2, 0.25) is 0 Å². The lowest BCUT2D eigenvalue weighted by Gasteiger charge is -2.08. The largest absolute Gasteiger partial charge is 0.306 e. The highest BCUT2D eigenvalue weighted by Gasteiger charge is 2.18. The van der Waals surface area contributed by atoms with E-state index in [4.69, 9.17) is 39.4 Å². The van der Waals surface area contributed by atoms with Crippen molar-refractivity contribution in [3.8, 4) is 0 Å². The van der Waals surface area contributed by atoms with Crippen molar-refractivity contribution in [2.45, 2.75) is 23.1 Å². The van der Waals surface area contributed by atoms with Crippen LogP contribution in [-0.4, -0.2) is 18.3 Å². The molecule has 1 N–H and O–H groups in total. The lowest BCUT2D eigenvalue weighted by molar-refractivity contribution is 0.559. The molecule has 11 heavy (non-hydrogen) atoms. The Kier molecular flexibility index (Phi) is 6.09. The van der Waals surface area contributed by atoms with E-state index in [0.29, 0.717) is 19.3 Å². The predicted octanol–water partition coefficient (Wildman–Crippen LogP) is 2.75. The maximum absolute atomic E-state index is 10.1. The van der Waals surface area contributed by atoms with Crippen molar-refractivity contribution < 1.29 is 8.76 Å². The second-order valence-electron chi connectivity index (χ2n) is 2.10. The molecule has 0 aromatic rings. The zero-order valence-corrected chi connectivity index (χ0v) is 8.81. The van der Waals surface area contributed by atoms with Gasteiger partial charge in [-0.15, -0.1) is 0 Å². The van der Waals surface area contributed by atoms with Crippen molar-refractivity contribution in [2.75, 3.05) is 5.75 Å². The fourth-order valence-corrected chi connectivity index (χ4v) is 1.40. The molecule has 0 radical (unpaired) electrons. The molecule has 0 bridgehead atoms. The van der Waals surface area contributed by atoms with Crippen LogP contribution in [0.4, 0.5) is 0 Å². The number of rotatable bonds is 4. The van der Waals surface area contributed by atoms with Gasteiger partial charge in [0.25, 0.3) is 0 Å². The van der Waals surface area contributed by atoms with Crippen LogP contribution in [0, 0.1) is 0 Å². The van der Waals surface area contributed by atoms with Crippen molar-refractivity contribution in [1.82, 2.24) is 0 Å². The smallest absolute Gasteiger partial charge is 0.190 e. The summed E-state index contributed by atoms with van der Waals surface area (Å²) >= 11 is 14.6. The molecule has 0 aliphatic rings. The van der Waals surface area contributed by atoms with Gasteiger partial charge in [0.1, 0.15) is 0 Å². The third kappa shape index (κ3) is 11.0. The first-order valence-electron chi connectivity index (χ1n) is 3.06. The first kappa shape index (κ1) is 12.0. The fourth-order valence-electron chi connectivity index (χ4n) is 0.551. The van der Waals surface area contributed by atoms with E-state index in [1.807, 2.05) is 0 Å². The second kappa shape index (κ2) is 5.60. The van der Waals surface area contributed by atoms with E-state index in [0.717, 1.165) is 0 Å². The highest BCUT2D eigenvalue weighted by atomic mass is 35.6. The molecule has 0 saturated carbocycles. The van der Waals surface area contributed by atoms with Gasteiger partial charge >= 0.3 is 0 Å². The minimum absolute atomic E-state index is 0.251. The number of halogens is 3. The Morgan fingerprint density at radius 1 is 1.27 bits per heavy atom. The Hall–Kier alpha value is 0.980. The maximum Gasteiger partial charge on any atom is 0.190 e. The van der Waals surface area contributed by atoms with Gasteiger partial charge < -0.3 is 4.55 Å². The third-order valence-electron chi connectivity index (χ3n) is 1.03. The Bertz CT molecular complexity index is 134. The van der Waals surface area contributed by atoms with Gasteiger partial charge in [0.2, 0.25) is 0 Å². The van der Waals surface area contributed by atoms with Crippen LogP contribution >= 0.6 is 34.8 Å². The summed E-state index contributed by atoms with van der Waals surface area (Å²) in [6, 6.07) is 0. The van der Waals surface area contributed by atoms with E-state index in [2.05, 4.69) is 0 Å². The zero-order chi connectivity index (χ0) is 8.91. The SMILES string of the molecule is O=S(O)CCCCC(Cl)(Cl)Cl. The van der Waals surface area contributed by atoms with Crippen molar-refractivity contribution in [1.29, 1.82) is 0 Å². The molecule has 2 nitrogen and oxygen atoms in total. The van der Waals surface area contributed by atoms with Crippen molar-refractivity contribution in [3.63, 3.8) is 0 Å². The van der Waals surface area contributed by atoms with E-state index in [1.54, 1.807) is 0 Å². The second-order valence-corrected chi connectivity index (χ2v) is 5.67. The summed E-state index contributed by atoms with van der Waals surface area (Å²) in [4.78, 5) is 0. The fraction of sp³-hybridized carbons (Fsp3) is 1.00. The maximum atomic E-state index is 10.1. The van der Waals surface area contributed by atoms with Crippen molar-refractivity contribution in [3.05, 3.63) is 0 Å². The molecule has 0 saturated heterocycles. The minimum Gasteiger partial charge on any atom is -0.306 e. The van der Waals surface area contributed by atoms with E-state index < -0.39 is 14.9 Å². The summed E-state index contributed by atoms with van der Waals surface area (Å²) in [6.45, 7) is 0. The van der Waals surface area contributed by atoms with Crippen LogP contribution in [0.3, 0.4) is 0 Å². The molecule has 0 aromatic carbocycles. The summed E-state index contributed by atoms with van der Waals surface area (Å²) < 4.78 is 17.3. The summed E-state index contributed by atoms with van der Waals surface area (Å²) in [6.07, 6.45) is 1.69. The molecule has 0 rings (SSSR count). The predicted molar refractivity (Wildman–Crippen MR) is 49.8 cm³/mol. The molecule has 0 heterocycles. The molecule has 0 fully saturated rings. The number of hydrogen-bond donors (Lipinski definition) is 1. The van der Waals surface area contributed by atoms with Crippen molar-refractivity contribution >= 4 is 45.9 Å². The van der Waals surface area contributed by atoms with Gasteiger partial charge in [-0.2, -0.15) is 0 Å². The van der Waals surface area contributed by atoms with Gasteiger partial charge in [-0.25, -0.2) is 4.21 Å². The quantitative estimate of drug-likeness (QED) is 0.465. The molecule has 0 aliphatic heterocycles. The number of unbranched alkanes of at least 4 members (excludes halogenated alkanes) is 1. The Balaban J connectivity index is 3.22. The average molecular weight is 240 g/mol. The van der Waals surface area contributed by atoms with Crippen LogP contribution in [0.15, 0.2) is 0 Å². The lowest BCUT2D eigenvalue weighted by atomic mass is 10.3. The first-order chi connectivity index (χ1) is 4.92. The minimum atomic E-state index is -1.72. The van der Waals surface area contributed by atoms with Gasteiger partial charge in [-0.1, -0.05) is 34.8 Å². The molecule has 68 valence electrons. The molecule has 6 heteroatoms. The molecule has 0 amide bonds. The van der Waals surface area contributed by atoms with Gasteiger partial charge in [-0.3, -0.25) is 0 Å². The highest BCUT2D eigenvalue weighted by Crippen LogP contribution is 2.31. The average Bonchev–Trinajstić information content (AvgIpc) is 1.78. The Morgan fingerprint density at radius 3 is 2.18 bits per heavy atom. The zero-order valence-electron chi connectivity index (χ0n) is 5.73. The topological polar surface area (TPSA) is 37.3 Å². The van der Waals surface area contributed by atoms with E-state index in [-0.39, 0.29) is 5.75 Å². The monoisotopic (exact) mass is 238 g/mol. The summed E-state index contributed by atoms with van der Waals surface area (Å²) in [5.74, 6) is 0.251. The first-order valence-corrected chi connectivity index (χ1v) is 5.47. The van der Waals surface area contributed by atoms with E-state index in [1.165, 1.54) is 0 Å². The summed E-state index contributed by atoms with van der Waals surface area (Å²) in [5.41, 5.74) is 0. The van der Waals surface area contributed by atoms with Crippen LogP contribution < -0.4 is 0 Å². The van der Waals surface area contributed by atoms with E-state index >= 15 is 0 Å². The van der Waals surface area contributed by atoms with Crippen LogP contribution in [0.25, 0.3) is 0 Å². The molecule has 1 unspecified atom stereocenters. The molecule has 1 atom stereocenters. The number of hydrogen-bond acceptors (Lipinski definition) is 1. The van der Waals surface area contributed by atoms with Crippen LogP contribution in [-0.2, 0) is 11.1 Å². The van der Waals surface area contributed by atoms with Gasteiger partial charge in [-0.05, 0) is 19.3 Å². The van der Waals surface area contributed by atoms with Crippen molar-refractivity contribution in [2.24, 2.45) is 0 Å². The highest BCUT2D eigenvalue weighted by molar-refractivity contribution is 7.79. The third-order valence-corrected chi connectivity index (χ3v) is 2.23. The molecular formula is C5H9Cl3O2S. The lowest BCUT2D eigenvalue weighted by Crippen LogP contribution is -2.03. The molecule has 0 aliphatic carbocycles. The Morgan fingerprint density at radius 2 is 1.82 bits per heavy atom.